The van der Waals surface area contributed by atoms with Gasteiger partial charge in [0.15, 0.2) is 0 Å². The molecule has 0 fully saturated rings. The van der Waals surface area contributed by atoms with Gasteiger partial charge >= 0.3 is 5.97 Å². The molecule has 0 saturated heterocycles. The molecule has 0 unspecified atom stereocenters. The quantitative estimate of drug-likeness (QED) is 0.408. The van der Waals surface area contributed by atoms with Crippen LogP contribution in [0.5, 0.6) is 0 Å². The number of hydrogen-bond acceptors (Lipinski definition) is 2. The summed E-state index contributed by atoms with van der Waals surface area (Å²) in [5.74, 6) is -1.39. The fraction of sp³-hybridized carbons (Fsp3) is 0.111. The Balaban J connectivity index is 1.85. The van der Waals surface area contributed by atoms with Crippen LogP contribution in [-0.4, -0.2) is 20.2 Å². The van der Waals surface area contributed by atoms with E-state index in [-0.39, 0.29) is 12.1 Å². The van der Waals surface area contributed by atoms with E-state index in [4.69, 9.17) is 0 Å². The fourth-order valence-corrected chi connectivity index (χ4v) is 4.57. The summed E-state index contributed by atoms with van der Waals surface area (Å²) >= 11 is 0. The molecule has 0 bridgehead atoms. The van der Waals surface area contributed by atoms with Crippen LogP contribution in [0.1, 0.15) is 11.3 Å². The van der Waals surface area contributed by atoms with Gasteiger partial charge in [0.25, 0.3) is 5.56 Å². The van der Waals surface area contributed by atoms with Crippen LogP contribution in [0.4, 0.5) is 4.39 Å². The van der Waals surface area contributed by atoms with Gasteiger partial charge in [-0.1, -0.05) is 48.5 Å². The molecule has 0 spiro atoms. The molecule has 0 aliphatic rings. The Labute approximate surface area is 189 Å². The van der Waals surface area contributed by atoms with Gasteiger partial charge in [-0.25, -0.2) is 4.39 Å². The van der Waals surface area contributed by atoms with E-state index in [1.54, 1.807) is 27.5 Å². The van der Waals surface area contributed by atoms with Gasteiger partial charge in [-0.2, -0.15) is 0 Å². The van der Waals surface area contributed by atoms with E-state index in [1.807, 2.05) is 55.5 Å². The van der Waals surface area contributed by atoms with Crippen molar-refractivity contribution in [2.24, 2.45) is 0 Å². The highest BCUT2D eigenvalue weighted by molar-refractivity contribution is 6.06. The smallest absolute Gasteiger partial charge is 0.323 e. The zero-order valence-electron chi connectivity index (χ0n) is 18.0. The highest BCUT2D eigenvalue weighted by Gasteiger charge is 2.21. The van der Waals surface area contributed by atoms with Gasteiger partial charge in [-0.05, 0) is 42.1 Å². The summed E-state index contributed by atoms with van der Waals surface area (Å²) in [4.78, 5) is 24.8. The molecule has 5 rings (SSSR count). The van der Waals surface area contributed by atoms with Crippen LogP contribution in [0.25, 0.3) is 32.8 Å². The van der Waals surface area contributed by atoms with Gasteiger partial charge in [0, 0.05) is 39.3 Å². The Hall–Kier alpha value is -4.19. The number of fused-ring (bicyclic) bond motifs is 2. The monoisotopic (exact) mass is 440 g/mol. The molecule has 6 heteroatoms. The normalized spacial score (nSPS) is 11.3. The number of aliphatic carboxylic acids is 1. The zero-order chi connectivity index (χ0) is 23.1. The molecule has 0 amide bonds. The van der Waals surface area contributed by atoms with Crippen LogP contribution in [0.2, 0.25) is 0 Å². The second-order valence-corrected chi connectivity index (χ2v) is 8.11. The third-order valence-electron chi connectivity index (χ3n) is 6.04. The van der Waals surface area contributed by atoms with Crippen molar-refractivity contribution in [3.8, 4) is 11.1 Å². The average molecular weight is 440 g/mol. The number of rotatable bonds is 5. The van der Waals surface area contributed by atoms with Gasteiger partial charge < -0.3 is 14.2 Å². The van der Waals surface area contributed by atoms with Crippen LogP contribution in [0.3, 0.4) is 0 Å². The van der Waals surface area contributed by atoms with Crippen LogP contribution in [0, 0.1) is 12.7 Å². The summed E-state index contributed by atoms with van der Waals surface area (Å²) in [6.45, 7) is 1.98. The summed E-state index contributed by atoms with van der Waals surface area (Å²) in [6.07, 6.45) is 1.80. The summed E-state index contributed by atoms with van der Waals surface area (Å²) in [5.41, 5.74) is 3.69. The molecule has 2 aromatic heterocycles. The SMILES string of the molecule is Cc1c(-c2cn(Cc3ccccc3)c(=O)c3ccccc23)c2cc(F)ccc2n1CC(=O)O. The van der Waals surface area contributed by atoms with E-state index in [0.29, 0.717) is 28.5 Å². The maximum atomic E-state index is 14.3. The first kappa shape index (κ1) is 20.7. The van der Waals surface area contributed by atoms with Gasteiger partial charge in [-0.15, -0.1) is 0 Å². The lowest BCUT2D eigenvalue weighted by Crippen LogP contribution is -2.21. The highest BCUT2D eigenvalue weighted by atomic mass is 19.1. The van der Waals surface area contributed by atoms with E-state index in [2.05, 4.69) is 0 Å². The molecule has 33 heavy (non-hydrogen) atoms. The number of halogens is 1. The predicted octanol–water partition coefficient (Wildman–Crippen LogP) is 5.20. The largest absolute Gasteiger partial charge is 0.480 e. The minimum atomic E-state index is -0.982. The number of carbonyl (C=O) groups is 1. The fourth-order valence-electron chi connectivity index (χ4n) is 4.57. The molecule has 0 atom stereocenters. The topological polar surface area (TPSA) is 64.2 Å². The van der Waals surface area contributed by atoms with Crippen molar-refractivity contribution in [3.63, 3.8) is 0 Å². The van der Waals surface area contributed by atoms with Crippen molar-refractivity contribution in [2.45, 2.75) is 20.0 Å². The first-order valence-corrected chi connectivity index (χ1v) is 10.6. The molecular weight excluding hydrogens is 419 g/mol. The number of aromatic nitrogens is 2. The summed E-state index contributed by atoms with van der Waals surface area (Å²) in [5, 5.41) is 11.4. The molecule has 0 aliphatic carbocycles. The molecule has 0 aliphatic heterocycles. The minimum absolute atomic E-state index is 0.115. The molecule has 5 nitrogen and oxygen atoms in total. The standard InChI is InChI=1S/C27H21FN2O3/c1-17-26(22-13-19(28)11-12-24(22)30(17)16-25(31)32)23-15-29(14-18-7-3-2-4-8-18)27(33)21-10-6-5-9-20(21)23/h2-13,15H,14,16H2,1H3,(H,31,32). The molecule has 5 aromatic rings. The number of hydrogen-bond donors (Lipinski definition) is 1. The molecule has 164 valence electrons. The predicted molar refractivity (Wildman–Crippen MR) is 127 cm³/mol. The van der Waals surface area contributed by atoms with Crippen LogP contribution in [-0.2, 0) is 17.9 Å². The number of nitrogens with zero attached hydrogens (tertiary/aromatic N) is 2. The molecule has 1 N–H and O–H groups in total. The Morgan fingerprint density at radius 1 is 0.939 bits per heavy atom. The van der Waals surface area contributed by atoms with Crippen molar-refractivity contribution < 1.29 is 14.3 Å². The second kappa shape index (κ2) is 8.06. The van der Waals surface area contributed by atoms with Gasteiger partial charge in [0.1, 0.15) is 12.4 Å². The Morgan fingerprint density at radius 2 is 1.64 bits per heavy atom. The van der Waals surface area contributed by atoms with Crippen LogP contribution < -0.4 is 5.56 Å². The first-order valence-electron chi connectivity index (χ1n) is 10.6. The van der Waals surface area contributed by atoms with Crippen LogP contribution >= 0.6 is 0 Å². The van der Waals surface area contributed by atoms with E-state index >= 15 is 0 Å². The zero-order valence-corrected chi connectivity index (χ0v) is 18.0. The van der Waals surface area contributed by atoms with E-state index in [0.717, 1.165) is 22.1 Å². The third kappa shape index (κ3) is 3.59. The van der Waals surface area contributed by atoms with E-state index < -0.39 is 11.8 Å². The number of pyridine rings is 1. The van der Waals surface area contributed by atoms with Gasteiger partial charge in [0.2, 0.25) is 0 Å². The van der Waals surface area contributed by atoms with E-state index in [1.165, 1.54) is 12.1 Å². The maximum Gasteiger partial charge on any atom is 0.323 e. The average Bonchev–Trinajstić information content (AvgIpc) is 3.06. The number of benzene rings is 3. The Bertz CT molecular complexity index is 1580. The Kier molecular flexibility index (Phi) is 5.05. The highest BCUT2D eigenvalue weighted by Crippen LogP contribution is 2.38. The molecule has 3 aromatic carbocycles. The number of carboxylic acids is 1. The summed E-state index contributed by atoms with van der Waals surface area (Å²) in [7, 11) is 0. The summed E-state index contributed by atoms with van der Waals surface area (Å²) < 4.78 is 17.6. The molecular formula is C27H21FN2O3. The molecule has 0 radical (unpaired) electrons. The third-order valence-corrected chi connectivity index (χ3v) is 6.04. The van der Waals surface area contributed by atoms with Crippen LogP contribution in [0.15, 0.2) is 83.8 Å². The lowest BCUT2D eigenvalue weighted by molar-refractivity contribution is -0.137. The molecule has 0 saturated carbocycles. The first-order chi connectivity index (χ1) is 15.9. The lowest BCUT2D eigenvalue weighted by atomic mass is 9.98. The molecule has 2 heterocycles. The number of carboxylic acid groups (broad SMARTS) is 1. The van der Waals surface area contributed by atoms with Crippen molar-refractivity contribution in [2.75, 3.05) is 0 Å². The second-order valence-electron chi connectivity index (χ2n) is 8.11. The van der Waals surface area contributed by atoms with Crippen molar-refractivity contribution in [1.29, 1.82) is 0 Å². The summed E-state index contributed by atoms with van der Waals surface area (Å²) in [6, 6.07) is 21.4. The lowest BCUT2D eigenvalue weighted by Gasteiger charge is -2.14. The van der Waals surface area contributed by atoms with Gasteiger partial charge in [0.05, 0.1) is 6.54 Å². The minimum Gasteiger partial charge on any atom is -0.480 e. The van der Waals surface area contributed by atoms with E-state index in [9.17, 15) is 19.1 Å². The van der Waals surface area contributed by atoms with Gasteiger partial charge in [-0.3, -0.25) is 9.59 Å². The van der Waals surface area contributed by atoms with Crippen molar-refractivity contribution in [3.05, 3.63) is 106 Å². The van der Waals surface area contributed by atoms with Crippen molar-refractivity contribution in [1.82, 2.24) is 9.13 Å². The maximum absolute atomic E-state index is 14.3. The Morgan fingerprint density at radius 3 is 2.36 bits per heavy atom. The van der Waals surface area contributed by atoms with Crippen molar-refractivity contribution >= 4 is 27.6 Å².